The van der Waals surface area contributed by atoms with Gasteiger partial charge in [-0.1, -0.05) is 72.8 Å². The number of pyridine rings is 1. The van der Waals surface area contributed by atoms with Crippen molar-refractivity contribution >= 4 is 11.6 Å². The van der Waals surface area contributed by atoms with Crippen LogP contribution in [0.2, 0.25) is 0 Å². The van der Waals surface area contributed by atoms with Gasteiger partial charge in [0.1, 0.15) is 23.9 Å². The molecular formula is C31H29NO3. The first-order valence-electron chi connectivity index (χ1n) is 11.9. The van der Waals surface area contributed by atoms with Crippen LogP contribution in [0.1, 0.15) is 35.6 Å². The highest BCUT2D eigenvalue weighted by atomic mass is 16.5. The molecule has 0 atom stereocenters. The van der Waals surface area contributed by atoms with Crippen molar-refractivity contribution in [2.45, 2.75) is 39.2 Å². The summed E-state index contributed by atoms with van der Waals surface area (Å²) in [6.45, 7) is 2.03. The highest BCUT2D eigenvalue weighted by Gasteiger charge is 2.09. The van der Waals surface area contributed by atoms with Crippen molar-refractivity contribution in [2.24, 2.45) is 0 Å². The van der Waals surface area contributed by atoms with Crippen LogP contribution in [-0.4, -0.2) is 16.6 Å². The summed E-state index contributed by atoms with van der Waals surface area (Å²) in [7, 11) is 0. The molecule has 0 saturated carbocycles. The molecule has 0 aliphatic heterocycles. The van der Waals surface area contributed by atoms with E-state index >= 15 is 0 Å². The van der Waals surface area contributed by atoms with E-state index in [0.29, 0.717) is 25.9 Å². The second kappa shape index (κ2) is 11.9. The number of hydrogen-bond acceptors (Lipinski definition) is 4. The van der Waals surface area contributed by atoms with Crippen LogP contribution in [0, 0.1) is 0 Å². The standard InChI is InChI=1S/C31H29NO3/c1-23(33)18-27-6-4-8-28(19-27)30-9-2-3-10-31(30)35-22-26-13-11-24(12-14-26)20-29(34)16-15-25-7-5-17-32-21-25/h2-14,17,19,21H,15-16,18,20,22H2,1H3. The number of nitrogens with zero attached hydrogens (tertiary/aromatic N) is 1. The third-order valence-corrected chi connectivity index (χ3v) is 5.81. The minimum absolute atomic E-state index is 0.144. The van der Waals surface area contributed by atoms with Gasteiger partial charge in [-0.15, -0.1) is 0 Å². The SMILES string of the molecule is CC(=O)Cc1cccc(-c2ccccc2OCc2ccc(CC(=O)CCc3cccnc3)cc2)c1. The average Bonchev–Trinajstić information content (AvgIpc) is 2.88. The summed E-state index contributed by atoms with van der Waals surface area (Å²) in [4.78, 5) is 28.0. The van der Waals surface area contributed by atoms with Crippen LogP contribution in [0.15, 0.2) is 97.3 Å². The molecule has 35 heavy (non-hydrogen) atoms. The molecule has 1 aromatic heterocycles. The molecule has 0 unspecified atom stereocenters. The minimum atomic E-state index is 0.144. The first kappa shape index (κ1) is 24.1. The van der Waals surface area contributed by atoms with Crippen LogP contribution in [0.5, 0.6) is 5.75 Å². The summed E-state index contributed by atoms with van der Waals surface area (Å²) < 4.78 is 6.17. The number of hydrogen-bond donors (Lipinski definition) is 0. The van der Waals surface area contributed by atoms with Crippen molar-refractivity contribution in [2.75, 3.05) is 0 Å². The van der Waals surface area contributed by atoms with Gasteiger partial charge in [-0.05, 0) is 53.3 Å². The van der Waals surface area contributed by atoms with Gasteiger partial charge in [-0.25, -0.2) is 0 Å². The van der Waals surface area contributed by atoms with Gasteiger partial charge in [-0.3, -0.25) is 14.6 Å². The van der Waals surface area contributed by atoms with Crippen LogP contribution in [0.3, 0.4) is 0 Å². The molecule has 0 amide bonds. The van der Waals surface area contributed by atoms with E-state index in [0.717, 1.165) is 45.6 Å². The predicted octanol–water partition coefficient (Wildman–Crippen LogP) is 6.20. The number of carbonyl (C=O) groups is 2. The van der Waals surface area contributed by atoms with Crippen molar-refractivity contribution in [1.29, 1.82) is 0 Å². The van der Waals surface area contributed by atoms with Gasteiger partial charge in [0.25, 0.3) is 0 Å². The van der Waals surface area contributed by atoms with Crippen molar-refractivity contribution in [3.8, 4) is 16.9 Å². The Hall–Kier alpha value is -4.05. The number of aryl methyl sites for hydroxylation is 1. The Labute approximate surface area is 206 Å². The normalized spacial score (nSPS) is 10.7. The fraction of sp³-hybridized carbons (Fsp3) is 0.194. The second-order valence-electron chi connectivity index (χ2n) is 8.76. The fourth-order valence-electron chi connectivity index (χ4n) is 4.03. The van der Waals surface area contributed by atoms with Crippen LogP contribution < -0.4 is 4.74 Å². The van der Waals surface area contributed by atoms with E-state index in [1.54, 1.807) is 13.1 Å². The Bertz CT molecular complexity index is 1280. The molecule has 4 nitrogen and oxygen atoms in total. The summed E-state index contributed by atoms with van der Waals surface area (Å²) in [6.07, 6.45) is 5.64. The Kier molecular flexibility index (Phi) is 8.18. The summed E-state index contributed by atoms with van der Waals surface area (Å²) in [5.41, 5.74) is 6.15. The zero-order valence-electron chi connectivity index (χ0n) is 19.9. The molecule has 0 aliphatic carbocycles. The Morgan fingerprint density at radius 2 is 1.54 bits per heavy atom. The lowest BCUT2D eigenvalue weighted by molar-refractivity contribution is -0.118. The lowest BCUT2D eigenvalue weighted by Crippen LogP contribution is -2.05. The maximum absolute atomic E-state index is 12.4. The smallest absolute Gasteiger partial charge is 0.137 e. The second-order valence-corrected chi connectivity index (χ2v) is 8.76. The first-order valence-corrected chi connectivity index (χ1v) is 11.9. The molecule has 0 saturated heterocycles. The van der Waals surface area contributed by atoms with Gasteiger partial charge in [0, 0.05) is 37.2 Å². The number of Topliss-reactive ketones (excluding diaryl/α,β-unsaturated/α-hetero) is 2. The monoisotopic (exact) mass is 463 g/mol. The van der Waals surface area contributed by atoms with Gasteiger partial charge >= 0.3 is 0 Å². The lowest BCUT2D eigenvalue weighted by Gasteiger charge is -2.13. The minimum Gasteiger partial charge on any atom is -0.488 e. The van der Waals surface area contributed by atoms with E-state index in [1.165, 1.54) is 0 Å². The highest BCUT2D eigenvalue weighted by molar-refractivity contribution is 5.81. The van der Waals surface area contributed by atoms with Crippen molar-refractivity contribution in [3.05, 3.63) is 120 Å². The summed E-state index contributed by atoms with van der Waals surface area (Å²) in [5.74, 6) is 1.16. The first-order chi connectivity index (χ1) is 17.1. The topological polar surface area (TPSA) is 56.3 Å². The van der Waals surface area contributed by atoms with Crippen LogP contribution in [0.25, 0.3) is 11.1 Å². The third-order valence-electron chi connectivity index (χ3n) is 5.81. The molecule has 4 heteroatoms. The van der Waals surface area contributed by atoms with E-state index in [2.05, 4.69) is 4.98 Å². The van der Waals surface area contributed by atoms with Gasteiger partial charge in [0.2, 0.25) is 0 Å². The fourth-order valence-corrected chi connectivity index (χ4v) is 4.03. The largest absolute Gasteiger partial charge is 0.488 e. The molecule has 0 fully saturated rings. The lowest BCUT2D eigenvalue weighted by atomic mass is 10.00. The number of carbonyl (C=O) groups excluding carboxylic acids is 2. The molecular weight excluding hydrogens is 434 g/mol. The van der Waals surface area contributed by atoms with E-state index < -0.39 is 0 Å². The number of aromatic nitrogens is 1. The number of benzene rings is 3. The maximum Gasteiger partial charge on any atom is 0.137 e. The quantitative estimate of drug-likeness (QED) is 0.266. The molecule has 4 aromatic rings. The third kappa shape index (κ3) is 7.21. The van der Waals surface area contributed by atoms with Gasteiger partial charge < -0.3 is 4.74 Å². The van der Waals surface area contributed by atoms with E-state index in [4.69, 9.17) is 4.74 Å². The molecule has 0 aliphatic rings. The van der Waals surface area contributed by atoms with E-state index in [1.807, 2.05) is 91.1 Å². The number of rotatable bonds is 11. The number of ether oxygens (including phenoxy) is 1. The molecule has 0 radical (unpaired) electrons. The number of ketones is 2. The van der Waals surface area contributed by atoms with E-state index in [9.17, 15) is 9.59 Å². The van der Waals surface area contributed by atoms with Crippen LogP contribution in [-0.2, 0) is 35.5 Å². The highest BCUT2D eigenvalue weighted by Crippen LogP contribution is 2.31. The molecule has 0 spiro atoms. The van der Waals surface area contributed by atoms with Crippen molar-refractivity contribution in [3.63, 3.8) is 0 Å². The average molecular weight is 464 g/mol. The van der Waals surface area contributed by atoms with E-state index in [-0.39, 0.29) is 11.6 Å². The molecule has 0 N–H and O–H groups in total. The zero-order chi connectivity index (χ0) is 24.5. The predicted molar refractivity (Wildman–Crippen MR) is 138 cm³/mol. The molecule has 4 rings (SSSR count). The maximum atomic E-state index is 12.4. The van der Waals surface area contributed by atoms with Crippen molar-refractivity contribution < 1.29 is 14.3 Å². The molecule has 3 aromatic carbocycles. The van der Waals surface area contributed by atoms with Crippen molar-refractivity contribution in [1.82, 2.24) is 4.98 Å². The van der Waals surface area contributed by atoms with Gasteiger partial charge in [-0.2, -0.15) is 0 Å². The molecule has 1 heterocycles. The molecule has 176 valence electrons. The summed E-state index contributed by atoms with van der Waals surface area (Å²) in [6, 6.07) is 27.9. The summed E-state index contributed by atoms with van der Waals surface area (Å²) >= 11 is 0. The zero-order valence-corrected chi connectivity index (χ0v) is 19.9. The Morgan fingerprint density at radius 1 is 0.771 bits per heavy atom. The summed E-state index contributed by atoms with van der Waals surface area (Å²) in [5, 5.41) is 0. The Balaban J connectivity index is 1.35. The van der Waals surface area contributed by atoms with Gasteiger partial charge in [0.05, 0.1) is 0 Å². The van der Waals surface area contributed by atoms with Crippen LogP contribution >= 0.6 is 0 Å². The molecule has 0 bridgehead atoms. The number of para-hydroxylation sites is 1. The van der Waals surface area contributed by atoms with Crippen LogP contribution in [0.4, 0.5) is 0 Å². The Morgan fingerprint density at radius 3 is 2.31 bits per heavy atom. The van der Waals surface area contributed by atoms with Gasteiger partial charge in [0.15, 0.2) is 0 Å².